The van der Waals surface area contributed by atoms with Gasteiger partial charge in [-0.1, -0.05) is 176 Å². The average molecular weight is 663 g/mol. The highest BCUT2D eigenvalue weighted by Gasteiger charge is 2.14. The molecule has 0 bridgehead atoms. The van der Waals surface area contributed by atoms with Crippen molar-refractivity contribution in [3.8, 4) is 67.5 Å². The first kappa shape index (κ1) is 30.8. The van der Waals surface area contributed by atoms with Gasteiger partial charge >= 0.3 is 0 Å². The van der Waals surface area contributed by atoms with E-state index in [1.165, 1.54) is 27.1 Å². The molecule has 0 N–H and O–H groups in total. The molecule has 8 aromatic carbocycles. The average Bonchev–Trinajstić information content (AvgIpc) is 3.23. The van der Waals surface area contributed by atoms with Gasteiger partial charge in [0.2, 0.25) is 0 Å². The molecule has 1 aromatic heterocycles. The maximum atomic E-state index is 7.33. The normalized spacial score (nSPS) is 11.1. The summed E-state index contributed by atoms with van der Waals surface area (Å²) in [6.45, 7) is 7.33. The Morgan fingerprint density at radius 1 is 0.327 bits per heavy atom. The van der Waals surface area contributed by atoms with E-state index in [2.05, 4.69) is 102 Å². The summed E-state index contributed by atoms with van der Waals surface area (Å²) in [6.07, 6.45) is 0. The first-order chi connectivity index (χ1) is 25.7. The minimum atomic E-state index is 0.636. The monoisotopic (exact) mass is 662 g/mol. The number of nitrogens with zero attached hydrogens (tertiary/aromatic N) is 4. The second kappa shape index (κ2) is 13.2. The van der Waals surface area contributed by atoms with Gasteiger partial charge in [-0.3, -0.25) is 0 Å². The Morgan fingerprint density at radius 3 is 1.33 bits per heavy atom. The zero-order chi connectivity index (χ0) is 34.9. The van der Waals surface area contributed by atoms with E-state index in [-0.39, 0.29) is 0 Å². The predicted molar refractivity (Wildman–Crippen MR) is 214 cm³/mol. The van der Waals surface area contributed by atoms with Gasteiger partial charge in [-0.2, -0.15) is 0 Å². The highest BCUT2D eigenvalue weighted by Crippen LogP contribution is 2.39. The van der Waals surface area contributed by atoms with Crippen LogP contribution in [0.2, 0.25) is 0 Å². The molecule has 0 fully saturated rings. The van der Waals surface area contributed by atoms with Crippen LogP contribution in [-0.2, 0) is 0 Å². The number of fused-ring (bicyclic) bond motifs is 2. The first-order valence-corrected chi connectivity index (χ1v) is 17.2. The Hall–Kier alpha value is -7.22. The van der Waals surface area contributed by atoms with Crippen LogP contribution in [0.15, 0.2) is 182 Å². The minimum Gasteiger partial charge on any atom is -0.238 e. The number of hydrogen-bond acceptors (Lipinski definition) is 3. The molecular weight excluding hydrogens is 633 g/mol. The fourth-order valence-electron chi connectivity index (χ4n) is 6.95. The molecule has 0 saturated carbocycles. The quantitative estimate of drug-likeness (QED) is 0.166. The topological polar surface area (TPSA) is 43.0 Å². The maximum Gasteiger partial charge on any atom is 0.187 e. The van der Waals surface area contributed by atoms with E-state index >= 15 is 0 Å². The molecule has 52 heavy (non-hydrogen) atoms. The molecule has 9 aromatic rings. The van der Waals surface area contributed by atoms with Gasteiger partial charge in [-0.25, -0.2) is 19.8 Å². The molecule has 0 saturated heterocycles. The Kier molecular flexibility index (Phi) is 7.85. The Labute approximate surface area is 302 Å². The zero-order valence-corrected chi connectivity index (χ0v) is 28.1. The van der Waals surface area contributed by atoms with Crippen LogP contribution in [0.1, 0.15) is 0 Å². The summed E-state index contributed by atoms with van der Waals surface area (Å²) >= 11 is 0. The van der Waals surface area contributed by atoms with Crippen LogP contribution >= 0.6 is 0 Å². The Balaban J connectivity index is 1.11. The summed E-state index contributed by atoms with van der Waals surface area (Å²) in [6, 6.07) is 62.7. The molecule has 0 amide bonds. The maximum absolute atomic E-state index is 7.33. The van der Waals surface area contributed by atoms with Gasteiger partial charge in [0, 0.05) is 16.7 Å². The summed E-state index contributed by atoms with van der Waals surface area (Å²) in [5.74, 6) is 1.93. The molecule has 9 rings (SSSR count). The third-order valence-corrected chi connectivity index (χ3v) is 9.58. The SMILES string of the molecule is [C-]#[N+]c1ccc(-c2ccc(-c3ccc4cccc(-c5ccc(-c6nc(-c7ccccc7)nc(-c7ccccc7)n6)cc5)c4c3)c3ccccc23)cc1. The molecule has 0 unspecified atom stereocenters. The van der Waals surface area contributed by atoms with Crippen LogP contribution in [0.5, 0.6) is 0 Å². The second-order valence-corrected chi connectivity index (χ2v) is 12.7. The molecule has 0 aliphatic heterocycles. The standard InChI is InChI=1S/C48H30N4/c1-49-39-27-25-34(26-28-39)41-29-30-42(44-17-9-8-16-43(41)44)38-24-21-32-15-10-18-40(45(32)31-38)33-19-22-37(23-20-33)48-51-46(35-11-4-2-5-12-35)50-47(52-48)36-13-6-3-7-14-36/h2-31H. The van der Waals surface area contributed by atoms with E-state index in [1.54, 1.807) is 0 Å². The van der Waals surface area contributed by atoms with Crippen LogP contribution in [0.4, 0.5) is 5.69 Å². The van der Waals surface area contributed by atoms with Crippen LogP contribution in [0.3, 0.4) is 0 Å². The van der Waals surface area contributed by atoms with Crippen molar-refractivity contribution in [3.05, 3.63) is 193 Å². The number of rotatable bonds is 6. The minimum absolute atomic E-state index is 0.636. The molecule has 0 aliphatic rings. The van der Waals surface area contributed by atoms with Crippen molar-refractivity contribution >= 4 is 27.2 Å². The molecule has 242 valence electrons. The van der Waals surface area contributed by atoms with Crippen molar-refractivity contribution in [2.75, 3.05) is 0 Å². The van der Waals surface area contributed by atoms with E-state index in [9.17, 15) is 0 Å². The fourth-order valence-corrected chi connectivity index (χ4v) is 6.95. The predicted octanol–water partition coefficient (Wildman–Crippen LogP) is 12.7. The molecule has 4 nitrogen and oxygen atoms in total. The van der Waals surface area contributed by atoms with E-state index in [4.69, 9.17) is 21.5 Å². The summed E-state index contributed by atoms with van der Waals surface area (Å²) in [7, 11) is 0. The lowest BCUT2D eigenvalue weighted by molar-refractivity contribution is 1.07. The highest BCUT2D eigenvalue weighted by atomic mass is 15.0. The third kappa shape index (κ3) is 5.77. The molecule has 0 aliphatic carbocycles. The number of benzene rings is 8. The van der Waals surface area contributed by atoms with E-state index < -0.39 is 0 Å². The zero-order valence-electron chi connectivity index (χ0n) is 28.1. The summed E-state index contributed by atoms with van der Waals surface area (Å²) in [4.78, 5) is 18.3. The van der Waals surface area contributed by atoms with Gasteiger partial charge in [0.15, 0.2) is 23.2 Å². The lowest BCUT2D eigenvalue weighted by atomic mass is 9.90. The van der Waals surface area contributed by atoms with Crippen molar-refractivity contribution in [2.45, 2.75) is 0 Å². The van der Waals surface area contributed by atoms with Crippen molar-refractivity contribution in [3.63, 3.8) is 0 Å². The molecule has 1 heterocycles. The largest absolute Gasteiger partial charge is 0.238 e. The highest BCUT2D eigenvalue weighted by molar-refractivity contribution is 6.07. The van der Waals surface area contributed by atoms with Gasteiger partial charge in [0.1, 0.15) is 0 Å². The van der Waals surface area contributed by atoms with Crippen LogP contribution in [0.25, 0.3) is 93.9 Å². The van der Waals surface area contributed by atoms with Gasteiger partial charge in [-0.05, 0) is 61.0 Å². The van der Waals surface area contributed by atoms with Gasteiger partial charge in [0.25, 0.3) is 0 Å². The van der Waals surface area contributed by atoms with Gasteiger partial charge in [-0.15, -0.1) is 0 Å². The van der Waals surface area contributed by atoms with Crippen LogP contribution in [-0.4, -0.2) is 15.0 Å². The number of aromatic nitrogens is 3. The van der Waals surface area contributed by atoms with E-state index in [1.807, 2.05) is 84.9 Å². The Morgan fingerprint density at radius 2 is 0.769 bits per heavy atom. The summed E-state index contributed by atoms with van der Waals surface area (Å²) in [5, 5.41) is 4.75. The molecule has 0 spiro atoms. The molecule has 0 atom stereocenters. The van der Waals surface area contributed by atoms with Crippen LogP contribution < -0.4 is 0 Å². The Bertz CT molecular complexity index is 2710. The third-order valence-electron chi connectivity index (χ3n) is 9.58. The van der Waals surface area contributed by atoms with Crippen LogP contribution in [0, 0.1) is 6.57 Å². The lowest BCUT2D eigenvalue weighted by Crippen LogP contribution is -2.00. The van der Waals surface area contributed by atoms with Crippen molar-refractivity contribution in [1.29, 1.82) is 0 Å². The molecule has 0 radical (unpaired) electrons. The number of hydrogen-bond donors (Lipinski definition) is 0. The summed E-state index contributed by atoms with van der Waals surface area (Å²) in [5.41, 5.74) is 10.4. The van der Waals surface area contributed by atoms with Gasteiger partial charge < -0.3 is 0 Å². The van der Waals surface area contributed by atoms with E-state index in [0.29, 0.717) is 23.2 Å². The molecular formula is C48H30N4. The second-order valence-electron chi connectivity index (χ2n) is 12.7. The smallest absolute Gasteiger partial charge is 0.187 e. The van der Waals surface area contributed by atoms with Crippen molar-refractivity contribution in [1.82, 2.24) is 15.0 Å². The fraction of sp³-hybridized carbons (Fsp3) is 0. The van der Waals surface area contributed by atoms with Crippen molar-refractivity contribution in [2.24, 2.45) is 0 Å². The van der Waals surface area contributed by atoms with E-state index in [0.717, 1.165) is 44.5 Å². The summed E-state index contributed by atoms with van der Waals surface area (Å²) < 4.78 is 0. The first-order valence-electron chi connectivity index (χ1n) is 17.2. The van der Waals surface area contributed by atoms with Gasteiger partial charge in [0.05, 0.1) is 6.57 Å². The molecule has 4 heteroatoms. The lowest BCUT2D eigenvalue weighted by Gasteiger charge is -2.14. The van der Waals surface area contributed by atoms with Crippen molar-refractivity contribution < 1.29 is 0 Å².